The Bertz CT molecular complexity index is 461. The average molecular weight is 246 g/mol. The topological polar surface area (TPSA) is 95.0 Å². The van der Waals surface area contributed by atoms with Gasteiger partial charge in [-0.15, -0.1) is 0 Å². The molecule has 5 nitrogen and oxygen atoms in total. The van der Waals surface area contributed by atoms with Gasteiger partial charge in [-0.1, -0.05) is 19.3 Å². The Morgan fingerprint density at radius 3 is 2.78 bits per heavy atom. The first kappa shape index (κ1) is 12.7. The molecule has 5 heteroatoms. The highest BCUT2D eigenvalue weighted by Gasteiger charge is 2.32. The minimum Gasteiger partial charge on any atom is -0.397 e. The number of rotatable bonds is 3. The number of nitrogens with zero attached hydrogens (tertiary/aromatic N) is 2. The number of anilines is 2. The van der Waals surface area contributed by atoms with Crippen molar-refractivity contribution in [1.82, 2.24) is 4.98 Å². The first-order chi connectivity index (χ1) is 8.69. The Labute approximate surface area is 107 Å². The number of pyridine rings is 1. The molecule has 0 spiro atoms. The lowest BCUT2D eigenvalue weighted by molar-refractivity contribution is 0.172. The molecule has 1 aliphatic rings. The van der Waals surface area contributed by atoms with E-state index in [9.17, 15) is 5.11 Å². The molecule has 1 heterocycles. The molecule has 0 aliphatic heterocycles. The maximum atomic E-state index is 9.62. The van der Waals surface area contributed by atoms with E-state index in [4.69, 9.17) is 11.0 Å². The van der Waals surface area contributed by atoms with E-state index < -0.39 is 0 Å². The third kappa shape index (κ3) is 2.54. The van der Waals surface area contributed by atoms with E-state index in [-0.39, 0.29) is 12.1 Å². The SMILES string of the molecule is N#Cc1cc(N)cnc1NC1(CO)CCCCC1. The molecule has 0 radical (unpaired) electrons. The summed E-state index contributed by atoms with van der Waals surface area (Å²) in [7, 11) is 0. The summed E-state index contributed by atoms with van der Waals surface area (Å²) in [6.07, 6.45) is 6.70. The van der Waals surface area contributed by atoms with Gasteiger partial charge in [0.2, 0.25) is 0 Å². The van der Waals surface area contributed by atoms with Crippen LogP contribution in [-0.2, 0) is 0 Å². The van der Waals surface area contributed by atoms with Crippen LogP contribution in [0.2, 0.25) is 0 Å². The lowest BCUT2D eigenvalue weighted by Gasteiger charge is -2.37. The van der Waals surface area contributed by atoms with Gasteiger partial charge in [-0.05, 0) is 18.9 Å². The van der Waals surface area contributed by atoms with Crippen molar-refractivity contribution in [3.05, 3.63) is 17.8 Å². The highest BCUT2D eigenvalue weighted by Crippen LogP contribution is 2.31. The minimum atomic E-state index is -0.340. The lowest BCUT2D eigenvalue weighted by Crippen LogP contribution is -2.44. The number of nitrogen functional groups attached to an aromatic ring is 1. The Hall–Kier alpha value is -1.80. The quantitative estimate of drug-likeness (QED) is 0.753. The number of nitrogens with two attached hydrogens (primary N) is 1. The Kier molecular flexibility index (Phi) is 3.68. The van der Waals surface area contributed by atoms with Crippen LogP contribution < -0.4 is 11.1 Å². The van der Waals surface area contributed by atoms with Crippen molar-refractivity contribution in [3.63, 3.8) is 0 Å². The second kappa shape index (κ2) is 5.23. The predicted octanol–water partition coefficient (Wildman–Crippen LogP) is 1.64. The summed E-state index contributed by atoms with van der Waals surface area (Å²) in [4.78, 5) is 4.17. The van der Waals surface area contributed by atoms with E-state index in [1.54, 1.807) is 6.07 Å². The van der Waals surface area contributed by atoms with Crippen LogP contribution >= 0.6 is 0 Å². The van der Waals surface area contributed by atoms with Crippen molar-refractivity contribution >= 4 is 11.5 Å². The molecule has 1 aliphatic carbocycles. The first-order valence-electron chi connectivity index (χ1n) is 6.24. The molecule has 1 aromatic rings. The Morgan fingerprint density at radius 1 is 1.44 bits per heavy atom. The molecule has 0 amide bonds. The van der Waals surface area contributed by atoms with E-state index in [0.29, 0.717) is 17.1 Å². The van der Waals surface area contributed by atoms with Crippen LogP contribution in [0.4, 0.5) is 11.5 Å². The van der Waals surface area contributed by atoms with Crippen LogP contribution in [0.1, 0.15) is 37.7 Å². The number of hydrogen-bond acceptors (Lipinski definition) is 5. The van der Waals surface area contributed by atoms with Crippen LogP contribution in [-0.4, -0.2) is 22.2 Å². The second-order valence-corrected chi connectivity index (χ2v) is 4.90. The summed E-state index contributed by atoms with van der Waals surface area (Å²) in [5.41, 5.74) is 6.17. The van der Waals surface area contributed by atoms with Crippen molar-refractivity contribution in [1.29, 1.82) is 5.26 Å². The smallest absolute Gasteiger partial charge is 0.144 e. The summed E-state index contributed by atoms with van der Waals surface area (Å²) in [5, 5.41) is 22.0. The molecule has 18 heavy (non-hydrogen) atoms. The van der Waals surface area contributed by atoms with E-state index in [1.807, 2.05) is 0 Å². The average Bonchev–Trinajstić information content (AvgIpc) is 2.42. The van der Waals surface area contributed by atoms with Gasteiger partial charge in [0.25, 0.3) is 0 Å². The normalized spacial score (nSPS) is 18.0. The molecular weight excluding hydrogens is 228 g/mol. The van der Waals surface area contributed by atoms with E-state index in [0.717, 1.165) is 25.7 Å². The van der Waals surface area contributed by atoms with Crippen molar-refractivity contribution in [2.24, 2.45) is 0 Å². The highest BCUT2D eigenvalue weighted by molar-refractivity contribution is 5.58. The fraction of sp³-hybridized carbons (Fsp3) is 0.538. The summed E-state index contributed by atoms with van der Waals surface area (Å²) in [6.45, 7) is 0.0594. The van der Waals surface area contributed by atoms with Gasteiger partial charge >= 0.3 is 0 Å². The third-order valence-electron chi connectivity index (χ3n) is 3.53. The van der Waals surface area contributed by atoms with Gasteiger partial charge in [0.05, 0.1) is 29.6 Å². The largest absolute Gasteiger partial charge is 0.397 e. The number of hydrogen-bond donors (Lipinski definition) is 3. The molecule has 1 saturated carbocycles. The monoisotopic (exact) mass is 246 g/mol. The van der Waals surface area contributed by atoms with Crippen molar-refractivity contribution in [2.75, 3.05) is 17.7 Å². The molecule has 0 unspecified atom stereocenters. The molecule has 96 valence electrons. The van der Waals surface area contributed by atoms with Crippen molar-refractivity contribution in [3.8, 4) is 6.07 Å². The van der Waals surface area contributed by atoms with Gasteiger partial charge in [-0.2, -0.15) is 5.26 Å². The zero-order valence-corrected chi connectivity index (χ0v) is 10.3. The van der Waals surface area contributed by atoms with Crippen molar-refractivity contribution in [2.45, 2.75) is 37.6 Å². The minimum absolute atomic E-state index is 0.0594. The summed E-state index contributed by atoms with van der Waals surface area (Å²) in [5.74, 6) is 0.516. The number of nitriles is 1. The van der Waals surface area contributed by atoms with Gasteiger partial charge in [-0.3, -0.25) is 0 Å². The maximum absolute atomic E-state index is 9.62. The fourth-order valence-corrected chi connectivity index (χ4v) is 2.47. The van der Waals surface area contributed by atoms with Gasteiger partial charge in [-0.25, -0.2) is 4.98 Å². The summed E-state index contributed by atoms with van der Waals surface area (Å²) < 4.78 is 0. The lowest BCUT2D eigenvalue weighted by atomic mass is 9.82. The van der Waals surface area contributed by atoms with E-state index in [2.05, 4.69) is 16.4 Å². The third-order valence-corrected chi connectivity index (χ3v) is 3.53. The molecule has 0 atom stereocenters. The Morgan fingerprint density at radius 2 is 2.17 bits per heavy atom. The van der Waals surface area contributed by atoms with Gasteiger partial charge in [0.1, 0.15) is 11.9 Å². The standard InChI is InChI=1S/C13H18N4O/c14-7-10-6-11(15)8-16-12(10)17-13(9-18)4-2-1-3-5-13/h6,8,18H,1-5,9,15H2,(H,16,17). The van der Waals surface area contributed by atoms with Crippen LogP contribution in [0.5, 0.6) is 0 Å². The zero-order chi connectivity index (χ0) is 13.0. The second-order valence-electron chi connectivity index (χ2n) is 4.90. The molecule has 0 bridgehead atoms. The molecule has 1 aromatic heterocycles. The highest BCUT2D eigenvalue weighted by atomic mass is 16.3. The van der Waals surface area contributed by atoms with Gasteiger partial charge < -0.3 is 16.2 Å². The van der Waals surface area contributed by atoms with E-state index in [1.165, 1.54) is 12.6 Å². The number of aromatic nitrogens is 1. The predicted molar refractivity (Wildman–Crippen MR) is 69.9 cm³/mol. The molecule has 2 rings (SSSR count). The van der Waals surface area contributed by atoms with Gasteiger partial charge in [0.15, 0.2) is 0 Å². The Balaban J connectivity index is 2.24. The van der Waals surface area contributed by atoms with Crippen LogP contribution in [0.3, 0.4) is 0 Å². The molecular formula is C13H18N4O. The molecule has 4 N–H and O–H groups in total. The molecule has 1 fully saturated rings. The zero-order valence-electron chi connectivity index (χ0n) is 10.3. The number of aliphatic hydroxyl groups is 1. The summed E-state index contributed by atoms with van der Waals surface area (Å²) in [6, 6.07) is 3.68. The summed E-state index contributed by atoms with van der Waals surface area (Å²) >= 11 is 0. The van der Waals surface area contributed by atoms with E-state index >= 15 is 0 Å². The first-order valence-corrected chi connectivity index (χ1v) is 6.24. The van der Waals surface area contributed by atoms with Crippen LogP contribution in [0, 0.1) is 11.3 Å². The van der Waals surface area contributed by atoms with Gasteiger partial charge in [0, 0.05) is 0 Å². The molecule has 0 saturated heterocycles. The number of nitrogens with one attached hydrogen (secondary N) is 1. The van der Waals surface area contributed by atoms with Crippen LogP contribution in [0.15, 0.2) is 12.3 Å². The maximum Gasteiger partial charge on any atom is 0.144 e. The fourth-order valence-electron chi connectivity index (χ4n) is 2.47. The molecule has 0 aromatic carbocycles. The number of aliphatic hydroxyl groups excluding tert-OH is 1. The van der Waals surface area contributed by atoms with Crippen molar-refractivity contribution < 1.29 is 5.11 Å². The van der Waals surface area contributed by atoms with Crippen LogP contribution in [0.25, 0.3) is 0 Å².